The van der Waals surface area contributed by atoms with Gasteiger partial charge < -0.3 is 4.74 Å². The fourth-order valence-corrected chi connectivity index (χ4v) is 5.15. The van der Waals surface area contributed by atoms with E-state index in [0.29, 0.717) is 30.0 Å². The van der Waals surface area contributed by atoms with E-state index in [2.05, 4.69) is 0 Å². The maximum atomic E-state index is 13.8. The monoisotopic (exact) mass is 496 g/mol. The van der Waals surface area contributed by atoms with Crippen LogP contribution in [0.4, 0.5) is 13.2 Å². The van der Waals surface area contributed by atoms with E-state index in [1.54, 1.807) is 0 Å². The van der Waals surface area contributed by atoms with Gasteiger partial charge in [-0.2, -0.15) is 13.2 Å². The van der Waals surface area contributed by atoms with Crippen molar-refractivity contribution in [3.63, 3.8) is 0 Å². The van der Waals surface area contributed by atoms with Crippen molar-refractivity contribution >= 4 is 63.5 Å². The lowest BCUT2D eigenvalue weighted by Gasteiger charge is -2.15. The van der Waals surface area contributed by atoms with Crippen molar-refractivity contribution in [1.82, 2.24) is 0 Å². The molecule has 1 aromatic carbocycles. The van der Waals surface area contributed by atoms with Crippen molar-refractivity contribution < 1.29 is 27.5 Å². The Kier molecular flexibility index (Phi) is 6.87. The molecule has 10 heteroatoms. The van der Waals surface area contributed by atoms with Gasteiger partial charge in [-0.25, -0.2) is 4.79 Å². The highest BCUT2D eigenvalue weighted by atomic mass is 35.5. The molecular weight excluding hydrogens is 484 g/mol. The van der Waals surface area contributed by atoms with Crippen LogP contribution in [-0.2, 0) is 17.6 Å². The first-order valence-corrected chi connectivity index (χ1v) is 10.7. The SMILES string of the molecule is COC(=O)c1sc(C(=O)C=C(c2cc(Cl)c(Cl)c(Cl)c2)C(F)(F)F)c2c1CCCC2. The van der Waals surface area contributed by atoms with Crippen LogP contribution < -0.4 is 0 Å². The van der Waals surface area contributed by atoms with Gasteiger partial charge in [0, 0.05) is 0 Å². The smallest absolute Gasteiger partial charge is 0.417 e. The Morgan fingerprint density at radius 2 is 1.57 bits per heavy atom. The molecule has 2 aromatic rings. The molecule has 1 aromatic heterocycles. The molecule has 0 fully saturated rings. The van der Waals surface area contributed by atoms with Gasteiger partial charge in [-0.3, -0.25) is 4.79 Å². The molecule has 0 radical (unpaired) electrons. The molecule has 0 bridgehead atoms. The first-order chi connectivity index (χ1) is 14.0. The molecule has 0 saturated heterocycles. The normalized spacial score (nSPS) is 14.4. The fourth-order valence-electron chi connectivity index (χ4n) is 3.32. The van der Waals surface area contributed by atoms with E-state index < -0.39 is 23.5 Å². The molecule has 0 unspecified atom stereocenters. The number of methoxy groups -OCH3 is 1. The number of rotatable bonds is 4. The number of thiophene rings is 1. The summed E-state index contributed by atoms with van der Waals surface area (Å²) in [7, 11) is 1.22. The largest absolute Gasteiger partial charge is 0.465 e. The number of fused-ring (bicyclic) bond motifs is 1. The van der Waals surface area contributed by atoms with Gasteiger partial charge in [0.25, 0.3) is 0 Å². The van der Waals surface area contributed by atoms with Gasteiger partial charge in [0.15, 0.2) is 5.78 Å². The van der Waals surface area contributed by atoms with Gasteiger partial charge in [-0.15, -0.1) is 11.3 Å². The molecule has 0 atom stereocenters. The lowest BCUT2D eigenvalue weighted by atomic mass is 9.91. The van der Waals surface area contributed by atoms with E-state index in [9.17, 15) is 22.8 Å². The number of ether oxygens (including phenoxy) is 1. The summed E-state index contributed by atoms with van der Waals surface area (Å²) >= 11 is 18.4. The average Bonchev–Trinajstić information content (AvgIpc) is 3.08. The van der Waals surface area contributed by atoms with E-state index in [-0.39, 0.29) is 30.4 Å². The van der Waals surface area contributed by atoms with E-state index in [1.165, 1.54) is 7.11 Å². The zero-order chi connectivity index (χ0) is 22.2. The van der Waals surface area contributed by atoms with Crippen LogP contribution in [0.3, 0.4) is 0 Å². The Morgan fingerprint density at radius 3 is 2.07 bits per heavy atom. The Labute approximate surface area is 189 Å². The molecule has 30 heavy (non-hydrogen) atoms. The Morgan fingerprint density at radius 1 is 1.03 bits per heavy atom. The third-order valence-electron chi connectivity index (χ3n) is 4.69. The molecular formula is C20H14Cl3F3O3S. The number of hydrogen-bond donors (Lipinski definition) is 0. The van der Waals surface area contributed by atoms with E-state index in [1.807, 2.05) is 0 Å². The number of halogens is 6. The van der Waals surface area contributed by atoms with Crippen LogP contribution >= 0.6 is 46.1 Å². The molecule has 1 aliphatic carbocycles. The van der Waals surface area contributed by atoms with Gasteiger partial charge in [-0.1, -0.05) is 34.8 Å². The number of hydrogen-bond acceptors (Lipinski definition) is 4. The lowest BCUT2D eigenvalue weighted by molar-refractivity contribution is -0.0689. The summed E-state index contributed by atoms with van der Waals surface area (Å²) in [4.78, 5) is 25.3. The topological polar surface area (TPSA) is 43.4 Å². The minimum Gasteiger partial charge on any atom is -0.465 e. The van der Waals surface area contributed by atoms with Crippen molar-refractivity contribution in [2.24, 2.45) is 0 Å². The van der Waals surface area contributed by atoms with Crippen molar-refractivity contribution in [2.75, 3.05) is 7.11 Å². The zero-order valence-corrected chi connectivity index (χ0v) is 18.5. The molecule has 0 N–H and O–H groups in total. The summed E-state index contributed by atoms with van der Waals surface area (Å²) in [5, 5.41) is -0.406. The molecule has 160 valence electrons. The van der Waals surface area contributed by atoms with E-state index in [4.69, 9.17) is 39.5 Å². The highest BCUT2D eigenvalue weighted by Crippen LogP contribution is 2.41. The predicted octanol–water partition coefficient (Wildman–Crippen LogP) is 7.20. The number of ketones is 1. The summed E-state index contributed by atoms with van der Waals surface area (Å²) in [6.45, 7) is 0. The zero-order valence-electron chi connectivity index (χ0n) is 15.5. The maximum absolute atomic E-state index is 13.8. The number of alkyl halides is 3. The molecule has 0 saturated carbocycles. The minimum atomic E-state index is -4.85. The second kappa shape index (κ2) is 8.91. The van der Waals surface area contributed by atoms with E-state index in [0.717, 1.165) is 36.3 Å². The Hall–Kier alpha value is -1.54. The highest BCUT2D eigenvalue weighted by molar-refractivity contribution is 7.16. The van der Waals surface area contributed by atoms with Gasteiger partial charge in [0.1, 0.15) is 4.88 Å². The highest BCUT2D eigenvalue weighted by Gasteiger charge is 2.37. The van der Waals surface area contributed by atoms with Crippen LogP contribution in [0.1, 0.15) is 48.9 Å². The average molecular weight is 498 g/mol. The summed E-state index contributed by atoms with van der Waals surface area (Å²) in [6.07, 6.45) is -1.65. The molecule has 3 nitrogen and oxygen atoms in total. The van der Waals surface area contributed by atoms with Gasteiger partial charge in [-0.05, 0) is 60.6 Å². The molecule has 3 rings (SSSR count). The first kappa shape index (κ1) is 23.1. The standard InChI is InChI=1S/C20H14Cl3F3O3S/c1-29-19(28)18-11-5-3-2-4-10(11)17(30-18)15(27)8-12(20(24,25)26)9-6-13(21)16(23)14(22)7-9/h6-8H,2-5H2,1H3. The molecule has 0 amide bonds. The van der Waals surface area contributed by atoms with Crippen molar-refractivity contribution in [2.45, 2.75) is 31.9 Å². The minimum absolute atomic E-state index is 0.0787. The predicted molar refractivity (Wildman–Crippen MR) is 112 cm³/mol. The number of allylic oxidation sites excluding steroid dienone is 2. The van der Waals surface area contributed by atoms with Crippen LogP contribution in [0.5, 0.6) is 0 Å². The van der Waals surface area contributed by atoms with Gasteiger partial charge in [0.2, 0.25) is 0 Å². The first-order valence-electron chi connectivity index (χ1n) is 8.75. The maximum Gasteiger partial charge on any atom is 0.417 e. The third-order valence-corrected chi connectivity index (χ3v) is 7.16. The summed E-state index contributed by atoms with van der Waals surface area (Å²) in [6, 6.07) is 2.01. The Balaban J connectivity index is 2.13. The van der Waals surface area contributed by atoms with Crippen LogP contribution in [0.15, 0.2) is 18.2 Å². The quantitative estimate of drug-likeness (QED) is 0.194. The number of esters is 1. The fraction of sp³-hybridized carbons (Fsp3) is 0.300. The van der Waals surface area contributed by atoms with Crippen LogP contribution in [0.25, 0.3) is 5.57 Å². The third kappa shape index (κ3) is 4.54. The van der Waals surface area contributed by atoms with Crippen LogP contribution in [0.2, 0.25) is 15.1 Å². The molecule has 1 heterocycles. The lowest BCUT2D eigenvalue weighted by Crippen LogP contribution is -2.13. The number of carbonyl (C=O) groups is 2. The molecule has 0 spiro atoms. The summed E-state index contributed by atoms with van der Waals surface area (Å²) in [5.74, 6) is -1.45. The van der Waals surface area contributed by atoms with Crippen molar-refractivity contribution in [1.29, 1.82) is 0 Å². The second-order valence-electron chi connectivity index (χ2n) is 6.59. The second-order valence-corrected chi connectivity index (χ2v) is 8.80. The Bertz CT molecular complexity index is 1030. The van der Waals surface area contributed by atoms with Crippen LogP contribution in [0, 0.1) is 0 Å². The van der Waals surface area contributed by atoms with E-state index >= 15 is 0 Å². The summed E-state index contributed by atoms with van der Waals surface area (Å²) < 4.78 is 46.0. The van der Waals surface area contributed by atoms with Crippen molar-refractivity contribution in [3.8, 4) is 0 Å². The van der Waals surface area contributed by atoms with Gasteiger partial charge >= 0.3 is 12.1 Å². The number of benzene rings is 1. The molecule has 0 aliphatic heterocycles. The molecule has 1 aliphatic rings. The van der Waals surface area contributed by atoms with Gasteiger partial charge in [0.05, 0.1) is 32.6 Å². The summed E-state index contributed by atoms with van der Waals surface area (Å²) in [5.41, 5.74) is -0.290. The van der Waals surface area contributed by atoms with Crippen molar-refractivity contribution in [3.05, 3.63) is 59.7 Å². The number of carbonyl (C=O) groups excluding carboxylic acids is 2. The van der Waals surface area contributed by atoms with Crippen LogP contribution in [-0.4, -0.2) is 25.0 Å².